The molecule has 1 aliphatic rings. The van der Waals surface area contributed by atoms with E-state index >= 15 is 0 Å². The summed E-state index contributed by atoms with van der Waals surface area (Å²) in [6.07, 6.45) is 1.49. The Kier molecular flexibility index (Phi) is 2.58. The van der Waals surface area contributed by atoms with Crippen molar-refractivity contribution in [2.45, 2.75) is 5.60 Å². The van der Waals surface area contributed by atoms with E-state index in [1.165, 1.54) is 6.20 Å². The SMILES string of the molecule is O=C1c2ccccc2C(=O)C1(O)c1c[nH]c2ccc(Cl)cc12. The average molecular weight is 312 g/mol. The second-order valence-corrected chi connectivity index (χ2v) is 5.74. The van der Waals surface area contributed by atoms with E-state index < -0.39 is 17.2 Å². The molecule has 0 spiro atoms. The third-order valence-electron chi connectivity index (χ3n) is 4.11. The number of aromatic nitrogens is 1. The molecular weight excluding hydrogens is 302 g/mol. The van der Waals surface area contributed by atoms with Crippen molar-refractivity contribution in [1.82, 2.24) is 4.98 Å². The summed E-state index contributed by atoms with van der Waals surface area (Å²) in [7, 11) is 0. The number of H-pyrrole nitrogens is 1. The highest BCUT2D eigenvalue weighted by molar-refractivity contribution is 6.33. The molecule has 0 fully saturated rings. The molecule has 0 amide bonds. The summed E-state index contributed by atoms with van der Waals surface area (Å²) in [6.45, 7) is 0. The van der Waals surface area contributed by atoms with Gasteiger partial charge in [0.15, 0.2) is 0 Å². The summed E-state index contributed by atoms with van der Waals surface area (Å²) < 4.78 is 0. The van der Waals surface area contributed by atoms with Crippen LogP contribution in [-0.4, -0.2) is 21.7 Å². The van der Waals surface area contributed by atoms with Gasteiger partial charge in [0, 0.05) is 38.8 Å². The molecule has 108 valence electrons. The molecule has 0 atom stereocenters. The van der Waals surface area contributed by atoms with Crippen molar-refractivity contribution in [3.63, 3.8) is 0 Å². The number of aliphatic hydroxyl groups is 1. The number of Topliss-reactive ketones (excluding diaryl/α,β-unsaturated/α-hetero) is 2. The number of hydrogen-bond acceptors (Lipinski definition) is 3. The number of halogens is 1. The molecule has 0 unspecified atom stereocenters. The summed E-state index contributed by atoms with van der Waals surface area (Å²) in [4.78, 5) is 28.2. The average Bonchev–Trinajstić information content (AvgIpc) is 3.03. The van der Waals surface area contributed by atoms with E-state index in [2.05, 4.69) is 4.98 Å². The number of benzene rings is 2. The summed E-state index contributed by atoms with van der Waals surface area (Å²) in [5.74, 6) is -1.21. The van der Waals surface area contributed by atoms with Gasteiger partial charge < -0.3 is 10.1 Å². The van der Waals surface area contributed by atoms with Crippen molar-refractivity contribution in [1.29, 1.82) is 0 Å². The van der Waals surface area contributed by atoms with Gasteiger partial charge in [-0.25, -0.2) is 0 Å². The Labute approximate surface area is 130 Å². The number of aromatic amines is 1. The predicted molar refractivity (Wildman–Crippen MR) is 82.3 cm³/mol. The standard InChI is InChI=1S/C17H10ClNO3/c18-9-5-6-14-12(7-9)13(8-19-14)17(22)15(20)10-3-1-2-4-11(10)16(17)21/h1-8,19,22H. The first-order chi connectivity index (χ1) is 10.5. The largest absolute Gasteiger partial charge is 0.370 e. The van der Waals surface area contributed by atoms with E-state index in [4.69, 9.17) is 11.6 Å². The van der Waals surface area contributed by atoms with Crippen LogP contribution in [0.5, 0.6) is 0 Å². The fraction of sp³-hybridized carbons (Fsp3) is 0.0588. The smallest absolute Gasteiger partial charge is 0.218 e. The van der Waals surface area contributed by atoms with E-state index in [1.807, 2.05) is 0 Å². The van der Waals surface area contributed by atoms with Crippen LogP contribution in [0, 0.1) is 0 Å². The molecule has 0 bridgehead atoms. The second kappa shape index (κ2) is 4.29. The molecule has 0 saturated carbocycles. The molecule has 0 saturated heterocycles. The molecule has 4 rings (SSSR count). The van der Waals surface area contributed by atoms with Gasteiger partial charge in [0.25, 0.3) is 0 Å². The van der Waals surface area contributed by atoms with Gasteiger partial charge in [0.2, 0.25) is 17.2 Å². The van der Waals surface area contributed by atoms with Crippen molar-refractivity contribution in [3.8, 4) is 0 Å². The maximum Gasteiger partial charge on any atom is 0.218 e. The third-order valence-corrected chi connectivity index (χ3v) is 4.34. The molecule has 2 aromatic carbocycles. The Bertz CT molecular complexity index is 922. The van der Waals surface area contributed by atoms with Gasteiger partial charge in [-0.3, -0.25) is 9.59 Å². The first-order valence-electron chi connectivity index (χ1n) is 6.71. The number of rotatable bonds is 1. The zero-order valence-corrected chi connectivity index (χ0v) is 12.0. The monoisotopic (exact) mass is 311 g/mol. The van der Waals surface area contributed by atoms with Gasteiger partial charge in [0.1, 0.15) is 0 Å². The number of fused-ring (bicyclic) bond motifs is 2. The summed E-state index contributed by atoms with van der Waals surface area (Å²) >= 11 is 6.00. The van der Waals surface area contributed by atoms with Gasteiger partial charge >= 0.3 is 0 Å². The molecule has 3 aromatic rings. The maximum atomic E-state index is 12.6. The van der Waals surface area contributed by atoms with E-state index in [1.54, 1.807) is 42.5 Å². The lowest BCUT2D eigenvalue weighted by Crippen LogP contribution is -2.37. The van der Waals surface area contributed by atoms with Gasteiger partial charge in [-0.1, -0.05) is 35.9 Å². The molecule has 5 heteroatoms. The zero-order chi connectivity index (χ0) is 15.5. The fourth-order valence-electron chi connectivity index (χ4n) is 3.01. The van der Waals surface area contributed by atoms with E-state index in [-0.39, 0.29) is 16.7 Å². The molecule has 2 N–H and O–H groups in total. The summed E-state index contributed by atoms with van der Waals surface area (Å²) in [6, 6.07) is 11.5. The summed E-state index contributed by atoms with van der Waals surface area (Å²) in [5, 5.41) is 12.0. The molecule has 1 aliphatic carbocycles. The van der Waals surface area contributed by atoms with Crippen molar-refractivity contribution in [2.24, 2.45) is 0 Å². The van der Waals surface area contributed by atoms with Crippen molar-refractivity contribution in [3.05, 3.63) is 70.4 Å². The van der Waals surface area contributed by atoms with Gasteiger partial charge in [-0.05, 0) is 18.2 Å². The van der Waals surface area contributed by atoms with Gasteiger partial charge in [-0.2, -0.15) is 0 Å². The second-order valence-electron chi connectivity index (χ2n) is 5.31. The predicted octanol–water partition coefficient (Wildman–Crippen LogP) is 3.09. The lowest BCUT2D eigenvalue weighted by Gasteiger charge is -2.18. The van der Waals surface area contributed by atoms with Crippen LogP contribution in [0.25, 0.3) is 10.9 Å². The third kappa shape index (κ3) is 1.51. The minimum Gasteiger partial charge on any atom is -0.370 e. The highest BCUT2D eigenvalue weighted by Crippen LogP contribution is 2.40. The van der Waals surface area contributed by atoms with Crippen molar-refractivity contribution >= 4 is 34.1 Å². The van der Waals surface area contributed by atoms with Crippen LogP contribution in [-0.2, 0) is 5.60 Å². The van der Waals surface area contributed by atoms with E-state index in [0.29, 0.717) is 15.9 Å². The Morgan fingerprint density at radius 2 is 1.64 bits per heavy atom. The van der Waals surface area contributed by atoms with E-state index in [0.717, 1.165) is 0 Å². The molecule has 0 aliphatic heterocycles. The Hall–Kier alpha value is -2.43. The Morgan fingerprint density at radius 1 is 1.00 bits per heavy atom. The molecule has 1 aromatic heterocycles. The number of carbonyl (C=O) groups excluding carboxylic acids is 2. The van der Waals surface area contributed by atoms with Crippen LogP contribution in [0.4, 0.5) is 0 Å². The number of hydrogen-bond donors (Lipinski definition) is 2. The summed E-state index contributed by atoms with van der Waals surface area (Å²) in [5.41, 5.74) is -0.787. The molecule has 0 radical (unpaired) electrons. The van der Waals surface area contributed by atoms with Gasteiger partial charge in [-0.15, -0.1) is 0 Å². The number of nitrogens with one attached hydrogen (secondary N) is 1. The van der Waals surface area contributed by atoms with Gasteiger partial charge in [0.05, 0.1) is 0 Å². The van der Waals surface area contributed by atoms with Crippen LogP contribution in [0.15, 0.2) is 48.7 Å². The van der Waals surface area contributed by atoms with Crippen LogP contribution in [0.2, 0.25) is 5.02 Å². The Balaban J connectivity index is 2.01. The van der Waals surface area contributed by atoms with Crippen molar-refractivity contribution < 1.29 is 14.7 Å². The molecule has 22 heavy (non-hydrogen) atoms. The highest BCUT2D eigenvalue weighted by atomic mass is 35.5. The topological polar surface area (TPSA) is 70.2 Å². The zero-order valence-electron chi connectivity index (χ0n) is 11.3. The van der Waals surface area contributed by atoms with E-state index in [9.17, 15) is 14.7 Å². The van der Waals surface area contributed by atoms with Crippen LogP contribution < -0.4 is 0 Å². The lowest BCUT2D eigenvalue weighted by atomic mass is 9.88. The lowest BCUT2D eigenvalue weighted by molar-refractivity contribution is 0.0326. The van der Waals surface area contributed by atoms with Crippen LogP contribution in [0.3, 0.4) is 0 Å². The Morgan fingerprint density at radius 3 is 2.27 bits per heavy atom. The molecule has 4 nitrogen and oxygen atoms in total. The first kappa shape index (κ1) is 13.2. The van der Waals surface area contributed by atoms with Crippen LogP contribution in [0.1, 0.15) is 26.3 Å². The number of carbonyl (C=O) groups is 2. The van der Waals surface area contributed by atoms with Crippen LogP contribution >= 0.6 is 11.6 Å². The number of ketones is 2. The van der Waals surface area contributed by atoms with Crippen molar-refractivity contribution in [2.75, 3.05) is 0 Å². The first-order valence-corrected chi connectivity index (χ1v) is 7.09. The molecular formula is C17H10ClNO3. The minimum absolute atomic E-state index is 0.233. The fourth-order valence-corrected chi connectivity index (χ4v) is 3.18. The minimum atomic E-state index is -2.20. The molecule has 1 heterocycles. The maximum absolute atomic E-state index is 12.6. The highest BCUT2D eigenvalue weighted by Gasteiger charge is 2.54. The quantitative estimate of drug-likeness (QED) is 0.678. The normalized spacial score (nSPS) is 16.3.